The molecule has 0 saturated carbocycles. The lowest BCUT2D eigenvalue weighted by atomic mass is 10.1. The summed E-state index contributed by atoms with van der Waals surface area (Å²) in [5.41, 5.74) is 7.42. The number of pyridine rings is 1. The molecule has 1 amide bonds. The summed E-state index contributed by atoms with van der Waals surface area (Å²) >= 11 is 1.55. The van der Waals surface area contributed by atoms with Crippen molar-refractivity contribution in [3.05, 3.63) is 65.3 Å². The Morgan fingerprint density at radius 3 is 2.86 bits per heavy atom. The Kier molecular flexibility index (Phi) is 5.51. The second kappa shape index (κ2) is 8.97. The van der Waals surface area contributed by atoms with Crippen LogP contribution in [0.1, 0.15) is 15.9 Å². The van der Waals surface area contributed by atoms with Gasteiger partial charge < -0.3 is 25.3 Å². The second-order valence-corrected chi connectivity index (χ2v) is 9.24. The number of carbonyl (C=O) groups is 1. The van der Waals surface area contributed by atoms with Crippen LogP contribution >= 0.6 is 11.3 Å². The minimum absolute atomic E-state index is 0.179. The maximum absolute atomic E-state index is 13.5. The SMILES string of the molecule is Cc1cccnc1Nc1nc2cc(N3CCOCC3)c(C(=O)Nc3ccc4ncsc4c3)cc2[nH]1. The van der Waals surface area contributed by atoms with E-state index in [1.54, 1.807) is 23.0 Å². The van der Waals surface area contributed by atoms with Crippen LogP contribution in [-0.4, -0.2) is 52.1 Å². The number of rotatable bonds is 5. The molecule has 4 heterocycles. The highest BCUT2D eigenvalue weighted by atomic mass is 32.1. The van der Waals surface area contributed by atoms with Crippen LogP contribution in [0.25, 0.3) is 21.3 Å². The summed E-state index contributed by atoms with van der Waals surface area (Å²) in [7, 11) is 0. The molecule has 0 aliphatic carbocycles. The molecule has 0 atom stereocenters. The van der Waals surface area contributed by atoms with Gasteiger partial charge in [0.15, 0.2) is 0 Å². The summed E-state index contributed by atoms with van der Waals surface area (Å²) in [6.07, 6.45) is 1.74. The summed E-state index contributed by atoms with van der Waals surface area (Å²) in [6, 6.07) is 13.5. The molecule has 1 aliphatic rings. The van der Waals surface area contributed by atoms with E-state index >= 15 is 0 Å². The van der Waals surface area contributed by atoms with Crippen molar-refractivity contribution in [3.63, 3.8) is 0 Å². The topological polar surface area (TPSA) is 108 Å². The van der Waals surface area contributed by atoms with Crippen LogP contribution in [0.2, 0.25) is 0 Å². The van der Waals surface area contributed by atoms with Gasteiger partial charge in [0, 0.05) is 25.0 Å². The molecule has 5 aromatic rings. The Labute approximate surface area is 205 Å². The number of nitrogens with one attached hydrogen (secondary N) is 3. The number of hydrogen-bond donors (Lipinski definition) is 3. The lowest BCUT2D eigenvalue weighted by Gasteiger charge is -2.30. The predicted molar refractivity (Wildman–Crippen MR) is 139 cm³/mol. The number of benzene rings is 2. The molecule has 1 fully saturated rings. The molecular weight excluding hydrogens is 462 g/mol. The normalized spacial score (nSPS) is 13.9. The van der Waals surface area contributed by atoms with E-state index in [9.17, 15) is 4.79 Å². The molecule has 0 radical (unpaired) electrons. The minimum atomic E-state index is -0.179. The number of H-pyrrole nitrogens is 1. The van der Waals surface area contributed by atoms with Gasteiger partial charge in [-0.2, -0.15) is 0 Å². The quantitative estimate of drug-likeness (QED) is 0.331. The second-order valence-electron chi connectivity index (χ2n) is 8.35. The lowest BCUT2D eigenvalue weighted by Crippen LogP contribution is -2.37. The average molecular weight is 486 g/mol. The van der Waals surface area contributed by atoms with Crippen molar-refractivity contribution < 1.29 is 9.53 Å². The van der Waals surface area contributed by atoms with Crippen LogP contribution in [0.3, 0.4) is 0 Å². The first-order valence-electron chi connectivity index (χ1n) is 11.3. The molecule has 3 aromatic heterocycles. The number of nitrogens with zero attached hydrogens (tertiary/aromatic N) is 4. The molecular formula is C25H23N7O2S. The number of anilines is 4. The number of aryl methyl sites for hydroxylation is 1. The fraction of sp³-hybridized carbons (Fsp3) is 0.200. The highest BCUT2D eigenvalue weighted by molar-refractivity contribution is 7.16. The summed E-state index contributed by atoms with van der Waals surface area (Å²) in [4.78, 5) is 32.4. The number of amides is 1. The fourth-order valence-electron chi connectivity index (χ4n) is 4.21. The molecule has 35 heavy (non-hydrogen) atoms. The molecule has 1 aliphatic heterocycles. The van der Waals surface area contributed by atoms with Gasteiger partial charge in [0.2, 0.25) is 5.95 Å². The molecule has 3 N–H and O–H groups in total. The first kappa shape index (κ1) is 21.5. The summed E-state index contributed by atoms with van der Waals surface area (Å²) < 4.78 is 6.56. The van der Waals surface area contributed by atoms with Gasteiger partial charge in [-0.3, -0.25) is 4.79 Å². The van der Waals surface area contributed by atoms with Crippen molar-refractivity contribution in [2.24, 2.45) is 0 Å². The Morgan fingerprint density at radius 1 is 1.11 bits per heavy atom. The van der Waals surface area contributed by atoms with Gasteiger partial charge in [-0.05, 0) is 48.9 Å². The first-order chi connectivity index (χ1) is 17.1. The van der Waals surface area contributed by atoms with Crippen molar-refractivity contribution >= 4 is 61.6 Å². The van der Waals surface area contributed by atoms with Gasteiger partial charge >= 0.3 is 0 Å². The summed E-state index contributed by atoms with van der Waals surface area (Å²) in [5, 5.41) is 6.31. The number of ether oxygens (including phenoxy) is 1. The van der Waals surface area contributed by atoms with Crippen molar-refractivity contribution in [1.82, 2.24) is 19.9 Å². The number of thiazole rings is 1. The zero-order chi connectivity index (χ0) is 23.8. The van der Waals surface area contributed by atoms with Crippen molar-refractivity contribution in [2.75, 3.05) is 41.8 Å². The maximum atomic E-state index is 13.5. The standard InChI is InChI=1S/C25H23N7O2S/c1-15-3-2-6-26-23(15)31-25-29-19-12-17(21(13-20(19)30-25)32-7-9-34-10-8-32)24(33)28-16-4-5-18-22(11-16)35-14-27-18/h2-6,11-14H,7-10H2,1H3,(H,28,33)(H2,26,29,30,31). The molecule has 9 nitrogen and oxygen atoms in total. The van der Waals surface area contributed by atoms with Crippen LogP contribution in [0.4, 0.5) is 23.1 Å². The van der Waals surface area contributed by atoms with Gasteiger partial charge in [-0.25, -0.2) is 15.0 Å². The highest BCUT2D eigenvalue weighted by Crippen LogP contribution is 2.30. The Morgan fingerprint density at radius 2 is 2.00 bits per heavy atom. The number of hydrogen-bond acceptors (Lipinski definition) is 8. The first-order valence-corrected chi connectivity index (χ1v) is 12.2. The third-order valence-corrected chi connectivity index (χ3v) is 6.82. The number of aromatic amines is 1. The van der Waals surface area contributed by atoms with E-state index in [1.807, 2.05) is 49.4 Å². The Hall–Kier alpha value is -4.02. The van der Waals surface area contributed by atoms with Gasteiger partial charge in [0.25, 0.3) is 5.91 Å². The number of imidazole rings is 1. The molecule has 10 heteroatoms. The van der Waals surface area contributed by atoms with E-state index in [4.69, 9.17) is 9.72 Å². The zero-order valence-electron chi connectivity index (χ0n) is 19.0. The molecule has 1 saturated heterocycles. The smallest absolute Gasteiger partial charge is 0.257 e. The van der Waals surface area contributed by atoms with Crippen LogP contribution < -0.4 is 15.5 Å². The van der Waals surface area contributed by atoms with E-state index in [0.717, 1.165) is 44.0 Å². The van der Waals surface area contributed by atoms with E-state index in [2.05, 4.69) is 30.5 Å². The van der Waals surface area contributed by atoms with E-state index in [1.165, 1.54) is 0 Å². The van der Waals surface area contributed by atoms with Crippen LogP contribution in [0, 0.1) is 6.92 Å². The van der Waals surface area contributed by atoms with E-state index < -0.39 is 0 Å². The minimum Gasteiger partial charge on any atom is -0.378 e. The van der Waals surface area contributed by atoms with Gasteiger partial charge in [0.05, 0.1) is 51.2 Å². The van der Waals surface area contributed by atoms with Crippen LogP contribution in [-0.2, 0) is 4.74 Å². The summed E-state index contributed by atoms with van der Waals surface area (Å²) in [6.45, 7) is 4.64. The van der Waals surface area contributed by atoms with Gasteiger partial charge in [-0.15, -0.1) is 11.3 Å². The van der Waals surface area contributed by atoms with Crippen LogP contribution in [0.5, 0.6) is 0 Å². The van der Waals surface area contributed by atoms with E-state index in [0.29, 0.717) is 37.8 Å². The van der Waals surface area contributed by atoms with Crippen molar-refractivity contribution in [3.8, 4) is 0 Å². The zero-order valence-corrected chi connectivity index (χ0v) is 19.9. The lowest BCUT2D eigenvalue weighted by molar-refractivity contribution is 0.102. The van der Waals surface area contributed by atoms with Crippen molar-refractivity contribution in [2.45, 2.75) is 6.92 Å². The van der Waals surface area contributed by atoms with Gasteiger partial charge in [-0.1, -0.05) is 6.07 Å². The van der Waals surface area contributed by atoms with Crippen molar-refractivity contribution in [1.29, 1.82) is 0 Å². The third kappa shape index (κ3) is 4.29. The Bertz CT molecular complexity index is 1540. The molecule has 0 bridgehead atoms. The monoisotopic (exact) mass is 485 g/mol. The van der Waals surface area contributed by atoms with Crippen LogP contribution in [0.15, 0.2) is 54.2 Å². The number of fused-ring (bicyclic) bond motifs is 2. The molecule has 6 rings (SSSR count). The fourth-order valence-corrected chi connectivity index (χ4v) is 4.93. The predicted octanol–water partition coefficient (Wildman–Crippen LogP) is 4.71. The number of morpholine rings is 1. The largest absolute Gasteiger partial charge is 0.378 e. The molecule has 2 aromatic carbocycles. The van der Waals surface area contributed by atoms with E-state index in [-0.39, 0.29) is 5.91 Å². The molecule has 176 valence electrons. The third-order valence-electron chi connectivity index (χ3n) is 6.03. The number of carbonyl (C=O) groups excluding carboxylic acids is 1. The molecule has 0 spiro atoms. The van der Waals surface area contributed by atoms with Gasteiger partial charge in [0.1, 0.15) is 5.82 Å². The highest BCUT2D eigenvalue weighted by Gasteiger charge is 2.22. The average Bonchev–Trinajstić information content (AvgIpc) is 3.51. The summed E-state index contributed by atoms with van der Waals surface area (Å²) in [5.74, 6) is 1.13. The molecule has 0 unspecified atom stereocenters. The Balaban J connectivity index is 1.37. The number of aromatic nitrogens is 4. The maximum Gasteiger partial charge on any atom is 0.257 e.